The van der Waals surface area contributed by atoms with Gasteiger partial charge >= 0.3 is 0 Å². The molecule has 28 heavy (non-hydrogen) atoms. The van der Waals surface area contributed by atoms with Gasteiger partial charge in [-0.3, -0.25) is 14.5 Å². The summed E-state index contributed by atoms with van der Waals surface area (Å²) in [5, 5.41) is 10.0. The summed E-state index contributed by atoms with van der Waals surface area (Å²) in [6.45, 7) is 3.40. The van der Waals surface area contributed by atoms with E-state index in [1.165, 1.54) is 13.3 Å². The van der Waals surface area contributed by atoms with Crippen LogP contribution in [-0.2, 0) is 4.79 Å². The molecule has 0 fully saturated rings. The van der Waals surface area contributed by atoms with Crippen molar-refractivity contribution in [1.82, 2.24) is 29.7 Å². The molecule has 0 saturated heterocycles. The summed E-state index contributed by atoms with van der Waals surface area (Å²) >= 11 is 6.37. The second-order valence-corrected chi connectivity index (χ2v) is 6.60. The van der Waals surface area contributed by atoms with E-state index in [4.69, 9.17) is 11.6 Å². The maximum absolute atomic E-state index is 11.4. The molecule has 4 heterocycles. The van der Waals surface area contributed by atoms with Crippen LogP contribution >= 0.6 is 11.6 Å². The van der Waals surface area contributed by atoms with Crippen molar-refractivity contribution in [2.75, 3.05) is 5.32 Å². The van der Waals surface area contributed by atoms with Crippen LogP contribution in [0.15, 0.2) is 49.2 Å². The molecule has 0 saturated carbocycles. The van der Waals surface area contributed by atoms with Gasteiger partial charge in [-0.15, -0.1) is 0 Å². The summed E-state index contributed by atoms with van der Waals surface area (Å²) < 4.78 is 1.86. The highest BCUT2D eigenvalue weighted by Gasteiger charge is 2.17. The number of hydrogen-bond acceptors (Lipinski definition) is 5. The minimum absolute atomic E-state index is 0.178. The molecule has 4 aromatic heterocycles. The van der Waals surface area contributed by atoms with Gasteiger partial charge in [-0.05, 0) is 42.3 Å². The number of nitrogens with zero attached hydrogens (tertiary/aromatic N) is 5. The van der Waals surface area contributed by atoms with E-state index < -0.39 is 0 Å². The predicted octanol–water partition coefficient (Wildman–Crippen LogP) is 3.64. The Morgan fingerprint density at radius 3 is 2.82 bits per heavy atom. The molecule has 4 aromatic rings. The molecule has 9 heteroatoms. The number of aromatic amines is 1. The SMILES string of the molecule is CC(=O)Nc1cc(-c2cc(-c3ncn[nH]3)n(-c3ncccc3Cl)c2)c(C)cn1. The number of amides is 1. The lowest BCUT2D eigenvalue weighted by Crippen LogP contribution is -2.07. The molecule has 1 amide bonds. The average Bonchev–Trinajstić information content (AvgIpc) is 3.32. The van der Waals surface area contributed by atoms with Crippen LogP contribution in [0.25, 0.3) is 28.5 Å². The summed E-state index contributed by atoms with van der Waals surface area (Å²) in [7, 11) is 0. The minimum atomic E-state index is -0.178. The summed E-state index contributed by atoms with van der Waals surface area (Å²) in [5.74, 6) is 1.47. The van der Waals surface area contributed by atoms with Crippen molar-refractivity contribution in [2.24, 2.45) is 0 Å². The Morgan fingerprint density at radius 1 is 1.25 bits per heavy atom. The van der Waals surface area contributed by atoms with Gasteiger partial charge in [0, 0.05) is 31.1 Å². The lowest BCUT2D eigenvalue weighted by molar-refractivity contribution is -0.114. The van der Waals surface area contributed by atoms with Crippen LogP contribution in [0.2, 0.25) is 5.02 Å². The minimum Gasteiger partial charge on any atom is -0.311 e. The van der Waals surface area contributed by atoms with Crippen LogP contribution in [-0.4, -0.2) is 35.6 Å². The van der Waals surface area contributed by atoms with Crippen molar-refractivity contribution in [3.8, 4) is 28.5 Å². The van der Waals surface area contributed by atoms with Crippen LogP contribution in [0, 0.1) is 6.92 Å². The van der Waals surface area contributed by atoms with Gasteiger partial charge in [0.2, 0.25) is 5.91 Å². The molecular formula is C19H16ClN7O. The maximum Gasteiger partial charge on any atom is 0.222 e. The van der Waals surface area contributed by atoms with E-state index in [9.17, 15) is 4.79 Å². The Hall–Kier alpha value is -3.52. The first-order valence-corrected chi connectivity index (χ1v) is 8.84. The highest BCUT2D eigenvalue weighted by molar-refractivity contribution is 6.32. The zero-order chi connectivity index (χ0) is 19.7. The van der Waals surface area contributed by atoms with Gasteiger partial charge in [-0.1, -0.05) is 11.6 Å². The van der Waals surface area contributed by atoms with Gasteiger partial charge < -0.3 is 5.32 Å². The van der Waals surface area contributed by atoms with Crippen molar-refractivity contribution in [1.29, 1.82) is 0 Å². The molecule has 0 bridgehead atoms. The zero-order valence-electron chi connectivity index (χ0n) is 15.1. The first-order chi connectivity index (χ1) is 13.5. The first-order valence-electron chi connectivity index (χ1n) is 8.46. The fraction of sp³-hybridized carbons (Fsp3) is 0.105. The largest absolute Gasteiger partial charge is 0.311 e. The lowest BCUT2D eigenvalue weighted by Gasteiger charge is -2.08. The van der Waals surface area contributed by atoms with Crippen LogP contribution in [0.3, 0.4) is 0 Å². The van der Waals surface area contributed by atoms with Gasteiger partial charge in [-0.2, -0.15) is 5.10 Å². The molecule has 0 aliphatic carbocycles. The summed E-state index contributed by atoms with van der Waals surface area (Å²) in [4.78, 5) is 24.3. The Balaban J connectivity index is 1.90. The fourth-order valence-corrected chi connectivity index (χ4v) is 3.15. The normalized spacial score (nSPS) is 10.8. The van der Waals surface area contributed by atoms with Crippen molar-refractivity contribution < 1.29 is 4.79 Å². The van der Waals surface area contributed by atoms with Crippen LogP contribution < -0.4 is 5.32 Å². The van der Waals surface area contributed by atoms with E-state index in [2.05, 4.69) is 30.5 Å². The van der Waals surface area contributed by atoms with Crippen molar-refractivity contribution in [3.05, 3.63) is 59.8 Å². The third-order valence-electron chi connectivity index (χ3n) is 4.16. The molecule has 0 radical (unpaired) electrons. The van der Waals surface area contributed by atoms with E-state index in [1.54, 1.807) is 24.5 Å². The Kier molecular flexibility index (Phi) is 4.62. The number of aryl methyl sites for hydroxylation is 1. The van der Waals surface area contributed by atoms with Crippen molar-refractivity contribution in [2.45, 2.75) is 13.8 Å². The first kappa shape index (κ1) is 17.9. The lowest BCUT2D eigenvalue weighted by atomic mass is 10.1. The number of H-pyrrole nitrogens is 1. The highest BCUT2D eigenvalue weighted by atomic mass is 35.5. The van der Waals surface area contributed by atoms with E-state index in [0.717, 1.165) is 22.4 Å². The van der Waals surface area contributed by atoms with Crippen LogP contribution in [0.5, 0.6) is 0 Å². The number of pyridine rings is 2. The van der Waals surface area contributed by atoms with Gasteiger partial charge in [0.1, 0.15) is 12.1 Å². The summed E-state index contributed by atoms with van der Waals surface area (Å²) in [6, 6.07) is 7.35. The molecule has 0 atom stereocenters. The number of anilines is 1. The number of hydrogen-bond donors (Lipinski definition) is 2. The standard InChI is InChI=1S/C19H16ClN7O/c1-11-8-22-17(25-12(2)28)7-14(11)13-6-16(18-23-10-24-26-18)27(9-13)19-15(20)4-3-5-21-19/h3-10H,1-2H3,(H,22,25,28)(H,23,24,26). The number of rotatable bonds is 4. The monoisotopic (exact) mass is 393 g/mol. The number of carbonyl (C=O) groups excluding carboxylic acids is 1. The quantitative estimate of drug-likeness (QED) is 0.551. The molecule has 0 unspecified atom stereocenters. The Labute approximate surface area is 165 Å². The molecule has 8 nitrogen and oxygen atoms in total. The number of carbonyl (C=O) groups is 1. The summed E-state index contributed by atoms with van der Waals surface area (Å²) in [5.41, 5.74) is 3.54. The van der Waals surface area contributed by atoms with E-state index in [1.807, 2.05) is 29.8 Å². The van der Waals surface area contributed by atoms with E-state index in [0.29, 0.717) is 22.5 Å². The van der Waals surface area contributed by atoms with E-state index >= 15 is 0 Å². The van der Waals surface area contributed by atoms with Crippen molar-refractivity contribution >= 4 is 23.3 Å². The maximum atomic E-state index is 11.4. The fourth-order valence-electron chi connectivity index (χ4n) is 2.93. The third kappa shape index (κ3) is 3.37. The Morgan fingerprint density at radius 2 is 2.11 bits per heavy atom. The number of halogens is 1. The average molecular weight is 394 g/mol. The third-order valence-corrected chi connectivity index (χ3v) is 4.46. The zero-order valence-corrected chi connectivity index (χ0v) is 15.9. The van der Waals surface area contributed by atoms with Gasteiger partial charge in [0.05, 0.1) is 10.7 Å². The number of aromatic nitrogens is 6. The molecule has 0 aromatic carbocycles. The summed E-state index contributed by atoms with van der Waals surface area (Å²) in [6.07, 6.45) is 6.77. The van der Waals surface area contributed by atoms with Gasteiger partial charge in [-0.25, -0.2) is 15.0 Å². The van der Waals surface area contributed by atoms with Gasteiger partial charge in [0.25, 0.3) is 0 Å². The van der Waals surface area contributed by atoms with Crippen LogP contribution in [0.4, 0.5) is 5.82 Å². The highest BCUT2D eigenvalue weighted by Crippen LogP contribution is 2.33. The second kappa shape index (κ2) is 7.24. The van der Waals surface area contributed by atoms with Crippen molar-refractivity contribution in [3.63, 3.8) is 0 Å². The molecular weight excluding hydrogens is 378 g/mol. The molecule has 2 N–H and O–H groups in total. The van der Waals surface area contributed by atoms with Crippen LogP contribution in [0.1, 0.15) is 12.5 Å². The number of nitrogens with one attached hydrogen (secondary N) is 2. The predicted molar refractivity (Wildman–Crippen MR) is 106 cm³/mol. The topological polar surface area (TPSA) is 101 Å². The molecule has 0 aliphatic heterocycles. The van der Waals surface area contributed by atoms with E-state index in [-0.39, 0.29) is 5.91 Å². The molecule has 140 valence electrons. The molecule has 0 spiro atoms. The Bertz CT molecular complexity index is 1150. The second-order valence-electron chi connectivity index (χ2n) is 6.19. The molecule has 0 aliphatic rings. The van der Waals surface area contributed by atoms with Gasteiger partial charge in [0.15, 0.2) is 11.6 Å². The smallest absolute Gasteiger partial charge is 0.222 e. The molecule has 4 rings (SSSR count).